The molecule has 0 spiro atoms. The third kappa shape index (κ3) is 3.07. The molecule has 3 amide bonds. The second kappa shape index (κ2) is 6.20. The zero-order valence-electron chi connectivity index (χ0n) is 13.6. The number of amides is 3. The quantitative estimate of drug-likeness (QED) is 0.869. The monoisotopic (exact) mass is 338 g/mol. The van der Waals surface area contributed by atoms with Gasteiger partial charge in [-0.3, -0.25) is 19.3 Å². The highest BCUT2D eigenvalue weighted by Gasteiger charge is 2.45. The molecule has 1 aromatic heterocycles. The molecule has 2 fully saturated rings. The van der Waals surface area contributed by atoms with Gasteiger partial charge >= 0.3 is 0 Å². The number of hydrogen-bond donors (Lipinski definition) is 1. The number of piperidine rings is 1. The first-order valence-corrected chi connectivity index (χ1v) is 8.43. The number of nitrogens with zero attached hydrogens (tertiary/aromatic N) is 1. The summed E-state index contributed by atoms with van der Waals surface area (Å²) in [6, 6.07) is 10.5. The van der Waals surface area contributed by atoms with E-state index in [1.807, 2.05) is 12.1 Å². The van der Waals surface area contributed by atoms with E-state index in [-0.39, 0.29) is 29.6 Å². The summed E-state index contributed by atoms with van der Waals surface area (Å²) >= 11 is 0. The summed E-state index contributed by atoms with van der Waals surface area (Å²) in [5.74, 6) is 0.533. The van der Waals surface area contributed by atoms with Crippen molar-refractivity contribution in [2.24, 2.45) is 5.92 Å². The number of rotatable bonds is 4. The van der Waals surface area contributed by atoms with Gasteiger partial charge in [-0.15, -0.1) is 0 Å². The lowest BCUT2D eigenvalue weighted by Crippen LogP contribution is -2.40. The normalized spacial score (nSPS) is 22.8. The third-order valence-electron chi connectivity index (χ3n) is 4.71. The summed E-state index contributed by atoms with van der Waals surface area (Å²) < 4.78 is 5.34. The molecule has 0 radical (unpaired) electrons. The summed E-state index contributed by atoms with van der Waals surface area (Å²) in [6.45, 7) is 0. The lowest BCUT2D eigenvalue weighted by Gasteiger charge is -2.24. The van der Waals surface area contributed by atoms with Crippen molar-refractivity contribution >= 4 is 29.1 Å². The molecule has 0 bridgehead atoms. The highest BCUT2D eigenvalue weighted by Crippen LogP contribution is 2.48. The third-order valence-corrected chi connectivity index (χ3v) is 4.71. The van der Waals surface area contributed by atoms with Gasteiger partial charge in [-0.05, 0) is 49.2 Å². The second-order valence-corrected chi connectivity index (χ2v) is 6.48. The lowest BCUT2D eigenvalue weighted by molar-refractivity contribution is -0.129. The Morgan fingerprint density at radius 3 is 2.44 bits per heavy atom. The van der Waals surface area contributed by atoms with E-state index in [0.717, 1.165) is 12.2 Å². The predicted octanol–water partition coefficient (Wildman–Crippen LogP) is 3.07. The van der Waals surface area contributed by atoms with Crippen LogP contribution in [0.15, 0.2) is 47.1 Å². The van der Waals surface area contributed by atoms with Crippen molar-refractivity contribution < 1.29 is 18.8 Å². The molecule has 1 aliphatic carbocycles. The Bertz CT molecular complexity index is 794. The Morgan fingerprint density at radius 1 is 1.08 bits per heavy atom. The summed E-state index contributed by atoms with van der Waals surface area (Å²) in [4.78, 5) is 37.4. The van der Waals surface area contributed by atoms with Gasteiger partial charge in [0.1, 0.15) is 5.76 Å². The molecule has 4 rings (SSSR count). The zero-order valence-corrected chi connectivity index (χ0v) is 13.6. The smallest absolute Gasteiger partial charge is 0.233 e. The van der Waals surface area contributed by atoms with Gasteiger partial charge in [0.15, 0.2) is 0 Å². The first kappa shape index (κ1) is 15.6. The van der Waals surface area contributed by atoms with Gasteiger partial charge in [0, 0.05) is 30.4 Å². The van der Waals surface area contributed by atoms with Crippen molar-refractivity contribution in [3.05, 3.63) is 48.4 Å². The van der Waals surface area contributed by atoms with E-state index in [1.54, 1.807) is 30.5 Å². The molecule has 128 valence electrons. The van der Waals surface area contributed by atoms with Gasteiger partial charge in [-0.2, -0.15) is 0 Å². The van der Waals surface area contributed by atoms with Crippen LogP contribution in [0.2, 0.25) is 0 Å². The number of benzene rings is 1. The highest BCUT2D eigenvalue weighted by atomic mass is 16.3. The largest absolute Gasteiger partial charge is 0.469 e. The van der Waals surface area contributed by atoms with Crippen molar-refractivity contribution in [3.8, 4) is 0 Å². The lowest BCUT2D eigenvalue weighted by atomic mass is 10.1. The van der Waals surface area contributed by atoms with Gasteiger partial charge in [0.05, 0.1) is 12.0 Å². The minimum atomic E-state index is -0.174. The maximum absolute atomic E-state index is 12.3. The van der Waals surface area contributed by atoms with Gasteiger partial charge < -0.3 is 9.73 Å². The summed E-state index contributed by atoms with van der Waals surface area (Å²) in [7, 11) is 0. The molecule has 6 nitrogen and oxygen atoms in total. The van der Waals surface area contributed by atoms with Gasteiger partial charge in [-0.25, -0.2) is 0 Å². The number of imide groups is 1. The molecular formula is C19H18N2O4. The Kier molecular flexibility index (Phi) is 3.87. The number of hydrogen-bond acceptors (Lipinski definition) is 4. The van der Waals surface area contributed by atoms with E-state index in [4.69, 9.17) is 4.42 Å². The number of carbonyl (C=O) groups is 3. The molecular weight excluding hydrogens is 320 g/mol. The van der Waals surface area contributed by atoms with Crippen molar-refractivity contribution in [1.82, 2.24) is 0 Å². The standard InChI is InChI=1S/C19H18N2O4/c22-17-4-1-5-18(23)21(17)13-8-6-12(7-9-13)20-19(24)15-11-14(15)16-3-2-10-25-16/h2-3,6-10,14-15H,1,4-5,11H2,(H,20,24). The molecule has 25 heavy (non-hydrogen) atoms. The van der Waals surface area contributed by atoms with E-state index >= 15 is 0 Å². The molecule has 1 aromatic carbocycles. The Labute approximate surface area is 144 Å². The van der Waals surface area contributed by atoms with E-state index in [1.165, 1.54) is 4.90 Å². The number of furan rings is 1. The zero-order chi connectivity index (χ0) is 17.4. The second-order valence-electron chi connectivity index (χ2n) is 6.48. The molecule has 1 saturated heterocycles. The minimum absolute atomic E-state index is 0.0423. The molecule has 2 aromatic rings. The van der Waals surface area contributed by atoms with E-state index < -0.39 is 0 Å². The number of carbonyl (C=O) groups excluding carboxylic acids is 3. The fraction of sp³-hybridized carbons (Fsp3) is 0.316. The Balaban J connectivity index is 1.40. The van der Waals surface area contributed by atoms with Gasteiger partial charge in [0.25, 0.3) is 0 Å². The maximum atomic E-state index is 12.3. The van der Waals surface area contributed by atoms with Crippen LogP contribution >= 0.6 is 0 Å². The van der Waals surface area contributed by atoms with E-state index in [0.29, 0.717) is 30.6 Å². The van der Waals surface area contributed by atoms with Crippen molar-refractivity contribution in [1.29, 1.82) is 0 Å². The van der Waals surface area contributed by atoms with Gasteiger partial charge in [-0.1, -0.05) is 0 Å². The topological polar surface area (TPSA) is 79.6 Å². The fourth-order valence-electron chi connectivity index (χ4n) is 3.27. The summed E-state index contributed by atoms with van der Waals surface area (Å²) in [6.07, 6.45) is 3.79. The minimum Gasteiger partial charge on any atom is -0.469 e. The summed E-state index contributed by atoms with van der Waals surface area (Å²) in [5, 5.41) is 2.88. The Hall–Kier alpha value is -2.89. The molecule has 6 heteroatoms. The molecule has 1 saturated carbocycles. The first-order valence-electron chi connectivity index (χ1n) is 8.43. The SMILES string of the molecule is O=C(Nc1ccc(N2C(=O)CCCC2=O)cc1)C1CC1c1ccco1. The first-order chi connectivity index (χ1) is 12.1. The van der Waals surface area contributed by atoms with Crippen LogP contribution in [0.5, 0.6) is 0 Å². The van der Waals surface area contributed by atoms with Crippen LogP contribution in [0.3, 0.4) is 0 Å². The van der Waals surface area contributed by atoms with Crippen LogP contribution in [0.25, 0.3) is 0 Å². The van der Waals surface area contributed by atoms with Crippen LogP contribution in [-0.4, -0.2) is 17.7 Å². The summed E-state index contributed by atoms with van der Waals surface area (Å²) in [5.41, 5.74) is 1.20. The molecule has 2 heterocycles. The van der Waals surface area contributed by atoms with E-state index in [9.17, 15) is 14.4 Å². The Morgan fingerprint density at radius 2 is 1.80 bits per heavy atom. The average Bonchev–Trinajstić information content (AvgIpc) is 3.22. The van der Waals surface area contributed by atoms with Gasteiger partial charge in [0.2, 0.25) is 17.7 Å². The van der Waals surface area contributed by atoms with Crippen LogP contribution in [0, 0.1) is 5.92 Å². The molecule has 2 aliphatic rings. The molecule has 1 aliphatic heterocycles. The van der Waals surface area contributed by atoms with Crippen molar-refractivity contribution in [3.63, 3.8) is 0 Å². The van der Waals surface area contributed by atoms with Crippen LogP contribution < -0.4 is 10.2 Å². The fourth-order valence-corrected chi connectivity index (χ4v) is 3.27. The molecule has 2 unspecified atom stereocenters. The van der Waals surface area contributed by atoms with Crippen LogP contribution in [-0.2, 0) is 14.4 Å². The van der Waals surface area contributed by atoms with Crippen molar-refractivity contribution in [2.75, 3.05) is 10.2 Å². The number of nitrogens with one attached hydrogen (secondary N) is 1. The maximum Gasteiger partial charge on any atom is 0.233 e. The van der Waals surface area contributed by atoms with Crippen molar-refractivity contribution in [2.45, 2.75) is 31.6 Å². The van der Waals surface area contributed by atoms with Crippen LogP contribution in [0.4, 0.5) is 11.4 Å². The van der Waals surface area contributed by atoms with E-state index in [2.05, 4.69) is 5.32 Å². The number of anilines is 2. The highest BCUT2D eigenvalue weighted by molar-refractivity contribution is 6.16. The average molecular weight is 338 g/mol. The molecule has 1 N–H and O–H groups in total. The molecule has 2 atom stereocenters. The van der Waals surface area contributed by atoms with Crippen LogP contribution in [0.1, 0.15) is 37.4 Å². The predicted molar refractivity (Wildman–Crippen MR) is 91.0 cm³/mol.